The summed E-state index contributed by atoms with van der Waals surface area (Å²) in [5.41, 5.74) is 1.30. The minimum Gasteiger partial charge on any atom is -0.451 e. The lowest BCUT2D eigenvalue weighted by molar-refractivity contribution is -0.121. The predicted octanol–water partition coefficient (Wildman–Crippen LogP) is 3.09. The topological polar surface area (TPSA) is 90.2 Å². The van der Waals surface area contributed by atoms with Crippen LogP contribution in [0.25, 0.3) is 16.5 Å². The molecule has 0 saturated heterocycles. The zero-order chi connectivity index (χ0) is 20.2. The van der Waals surface area contributed by atoms with Crippen molar-refractivity contribution in [2.24, 2.45) is 0 Å². The van der Waals surface area contributed by atoms with Crippen LogP contribution in [0.2, 0.25) is 0 Å². The highest BCUT2D eigenvalue weighted by molar-refractivity contribution is 7.12. The SMILES string of the molecule is CCN(C(=O)COC(=O)c1sccc1-n1cnnn1)c1cccc2ccccc12. The van der Waals surface area contributed by atoms with Gasteiger partial charge in [-0.05, 0) is 40.2 Å². The van der Waals surface area contributed by atoms with Gasteiger partial charge in [0, 0.05) is 11.9 Å². The largest absolute Gasteiger partial charge is 0.451 e. The van der Waals surface area contributed by atoms with Crippen LogP contribution in [-0.2, 0) is 9.53 Å². The van der Waals surface area contributed by atoms with Gasteiger partial charge in [-0.2, -0.15) is 4.68 Å². The van der Waals surface area contributed by atoms with E-state index in [4.69, 9.17) is 4.74 Å². The van der Waals surface area contributed by atoms with Gasteiger partial charge in [0.15, 0.2) is 6.61 Å². The number of benzene rings is 2. The third-order valence-electron chi connectivity index (χ3n) is 4.43. The highest BCUT2D eigenvalue weighted by Crippen LogP contribution is 2.27. The second-order valence-corrected chi connectivity index (χ2v) is 7.02. The fourth-order valence-electron chi connectivity index (χ4n) is 3.10. The van der Waals surface area contributed by atoms with E-state index in [0.29, 0.717) is 17.1 Å². The van der Waals surface area contributed by atoms with E-state index in [2.05, 4.69) is 15.5 Å². The molecule has 0 aliphatic rings. The fourth-order valence-corrected chi connectivity index (χ4v) is 3.87. The summed E-state index contributed by atoms with van der Waals surface area (Å²) in [6.45, 7) is 1.98. The number of thiophene rings is 1. The van der Waals surface area contributed by atoms with E-state index in [1.54, 1.807) is 16.3 Å². The van der Waals surface area contributed by atoms with Crippen LogP contribution in [0.15, 0.2) is 60.2 Å². The van der Waals surface area contributed by atoms with E-state index in [1.165, 1.54) is 22.3 Å². The van der Waals surface area contributed by atoms with Gasteiger partial charge in [-0.25, -0.2) is 4.79 Å². The lowest BCUT2D eigenvalue weighted by Crippen LogP contribution is -2.34. The fraction of sp³-hybridized carbons (Fsp3) is 0.150. The molecule has 2 aromatic heterocycles. The summed E-state index contributed by atoms with van der Waals surface area (Å²) in [6, 6.07) is 15.4. The maximum absolute atomic E-state index is 12.8. The molecule has 0 spiro atoms. The predicted molar refractivity (Wildman–Crippen MR) is 109 cm³/mol. The maximum atomic E-state index is 12.8. The van der Waals surface area contributed by atoms with Crippen LogP contribution in [-0.4, -0.2) is 45.2 Å². The monoisotopic (exact) mass is 407 g/mol. The van der Waals surface area contributed by atoms with Gasteiger partial charge in [-0.15, -0.1) is 16.4 Å². The number of rotatable bonds is 6. The second-order valence-electron chi connectivity index (χ2n) is 6.10. The lowest BCUT2D eigenvalue weighted by atomic mass is 10.1. The molecule has 2 heterocycles. The van der Waals surface area contributed by atoms with Crippen molar-refractivity contribution in [2.45, 2.75) is 6.92 Å². The Bertz CT molecular complexity index is 1150. The van der Waals surface area contributed by atoms with Crippen molar-refractivity contribution in [3.63, 3.8) is 0 Å². The number of esters is 1. The minimum absolute atomic E-state index is 0.294. The molecule has 0 aliphatic heterocycles. The van der Waals surface area contributed by atoms with Crippen LogP contribution < -0.4 is 4.90 Å². The average Bonchev–Trinajstić information content (AvgIpc) is 3.44. The lowest BCUT2D eigenvalue weighted by Gasteiger charge is -2.22. The average molecular weight is 407 g/mol. The van der Waals surface area contributed by atoms with Gasteiger partial charge >= 0.3 is 5.97 Å². The summed E-state index contributed by atoms with van der Waals surface area (Å²) in [4.78, 5) is 27.3. The quantitative estimate of drug-likeness (QED) is 0.456. The molecule has 0 fully saturated rings. The number of ether oxygens (including phenoxy) is 1. The minimum atomic E-state index is -0.590. The van der Waals surface area contributed by atoms with Crippen LogP contribution in [0.4, 0.5) is 5.69 Å². The zero-order valence-electron chi connectivity index (χ0n) is 15.6. The van der Waals surface area contributed by atoms with E-state index in [1.807, 2.05) is 49.4 Å². The molecule has 4 aromatic rings. The number of amides is 1. The zero-order valence-corrected chi connectivity index (χ0v) is 16.4. The first-order chi connectivity index (χ1) is 14.2. The maximum Gasteiger partial charge on any atom is 0.351 e. The third-order valence-corrected chi connectivity index (χ3v) is 5.31. The van der Waals surface area contributed by atoms with Gasteiger partial charge in [0.1, 0.15) is 11.2 Å². The van der Waals surface area contributed by atoms with E-state index < -0.39 is 5.97 Å². The number of hydrogen-bond donors (Lipinski definition) is 0. The van der Waals surface area contributed by atoms with Crippen molar-refractivity contribution in [2.75, 3.05) is 18.1 Å². The van der Waals surface area contributed by atoms with Crippen molar-refractivity contribution in [3.05, 3.63) is 65.1 Å². The van der Waals surface area contributed by atoms with Crippen molar-refractivity contribution in [1.82, 2.24) is 20.2 Å². The van der Waals surface area contributed by atoms with Gasteiger partial charge in [0.25, 0.3) is 5.91 Å². The number of likely N-dealkylation sites (N-methyl/N-ethyl adjacent to an activating group) is 1. The van der Waals surface area contributed by atoms with Crippen LogP contribution in [0.3, 0.4) is 0 Å². The number of nitrogens with zero attached hydrogens (tertiary/aromatic N) is 5. The number of tetrazole rings is 1. The number of aromatic nitrogens is 4. The molecule has 2 aromatic carbocycles. The number of carbonyl (C=O) groups is 2. The molecule has 8 nitrogen and oxygen atoms in total. The summed E-state index contributed by atoms with van der Waals surface area (Å²) in [5.74, 6) is -0.884. The van der Waals surface area contributed by atoms with Crippen LogP contribution >= 0.6 is 11.3 Å². The molecule has 146 valence electrons. The van der Waals surface area contributed by atoms with E-state index in [9.17, 15) is 9.59 Å². The molecule has 0 atom stereocenters. The molecule has 29 heavy (non-hydrogen) atoms. The Morgan fingerprint density at radius 2 is 1.97 bits per heavy atom. The number of hydrogen-bond acceptors (Lipinski definition) is 7. The number of fused-ring (bicyclic) bond motifs is 1. The molecule has 0 unspecified atom stereocenters. The van der Waals surface area contributed by atoms with Crippen molar-refractivity contribution in [3.8, 4) is 5.69 Å². The van der Waals surface area contributed by atoms with Crippen molar-refractivity contribution < 1.29 is 14.3 Å². The summed E-state index contributed by atoms with van der Waals surface area (Å²) in [5, 5.41) is 14.7. The van der Waals surface area contributed by atoms with Crippen LogP contribution in [0.5, 0.6) is 0 Å². The first-order valence-corrected chi connectivity index (χ1v) is 9.83. The smallest absolute Gasteiger partial charge is 0.351 e. The van der Waals surface area contributed by atoms with E-state index >= 15 is 0 Å². The first-order valence-electron chi connectivity index (χ1n) is 8.95. The normalized spacial score (nSPS) is 10.8. The Morgan fingerprint density at radius 1 is 1.14 bits per heavy atom. The van der Waals surface area contributed by atoms with Gasteiger partial charge in [0.2, 0.25) is 0 Å². The van der Waals surface area contributed by atoms with E-state index in [0.717, 1.165) is 16.5 Å². The Kier molecular flexibility index (Phi) is 5.30. The Labute approximate surface area is 170 Å². The van der Waals surface area contributed by atoms with E-state index in [-0.39, 0.29) is 12.5 Å². The molecule has 9 heteroatoms. The summed E-state index contributed by atoms with van der Waals surface area (Å²) < 4.78 is 6.68. The Hall–Kier alpha value is -3.59. The van der Waals surface area contributed by atoms with Gasteiger partial charge < -0.3 is 9.64 Å². The molecule has 1 amide bonds. The molecule has 0 saturated carbocycles. The molecule has 4 rings (SSSR count). The Balaban J connectivity index is 1.50. The molecule has 0 radical (unpaired) electrons. The van der Waals surface area contributed by atoms with Crippen LogP contribution in [0.1, 0.15) is 16.6 Å². The van der Waals surface area contributed by atoms with Crippen molar-refractivity contribution >= 4 is 39.7 Å². The number of anilines is 1. The molecule has 0 aliphatic carbocycles. The molecular weight excluding hydrogens is 390 g/mol. The Morgan fingerprint density at radius 3 is 2.76 bits per heavy atom. The highest BCUT2D eigenvalue weighted by Gasteiger charge is 2.21. The van der Waals surface area contributed by atoms with Gasteiger partial charge in [-0.1, -0.05) is 36.4 Å². The highest BCUT2D eigenvalue weighted by atomic mass is 32.1. The molecule has 0 bridgehead atoms. The first kappa shape index (κ1) is 18.8. The molecular formula is C20H17N5O3S. The van der Waals surface area contributed by atoms with Gasteiger partial charge in [-0.3, -0.25) is 4.79 Å². The number of carbonyl (C=O) groups excluding carboxylic acids is 2. The summed E-state index contributed by atoms with van der Waals surface area (Å²) in [6.07, 6.45) is 1.39. The molecule has 0 N–H and O–H groups in total. The second kappa shape index (κ2) is 8.19. The summed E-state index contributed by atoms with van der Waals surface area (Å²) >= 11 is 1.20. The van der Waals surface area contributed by atoms with Gasteiger partial charge in [0.05, 0.1) is 11.4 Å². The standard InChI is InChI=1S/C20H17N5O3S/c1-2-24(16-9-5-7-14-6-3-4-8-15(14)16)18(26)12-28-20(27)19-17(10-11-29-19)25-13-21-22-23-25/h3-11,13H,2,12H2,1H3. The third kappa shape index (κ3) is 3.72. The van der Waals surface area contributed by atoms with Crippen LogP contribution in [0, 0.1) is 0 Å². The van der Waals surface area contributed by atoms with Crippen molar-refractivity contribution in [1.29, 1.82) is 0 Å². The summed E-state index contributed by atoms with van der Waals surface area (Å²) in [7, 11) is 0.